The van der Waals surface area contributed by atoms with Gasteiger partial charge in [0.15, 0.2) is 15.0 Å². The summed E-state index contributed by atoms with van der Waals surface area (Å²) in [6, 6.07) is 1.75. The first-order chi connectivity index (χ1) is 6.66. The minimum absolute atomic E-state index is 0.127. The van der Waals surface area contributed by atoms with Crippen LogP contribution in [0.1, 0.15) is 6.42 Å². The highest BCUT2D eigenvalue weighted by molar-refractivity contribution is 8.01. The van der Waals surface area contributed by atoms with Gasteiger partial charge in [0.2, 0.25) is 0 Å². The van der Waals surface area contributed by atoms with Gasteiger partial charge in [-0.2, -0.15) is 0 Å². The van der Waals surface area contributed by atoms with Crippen molar-refractivity contribution in [1.82, 2.24) is 9.97 Å². The molecule has 1 fully saturated rings. The Labute approximate surface area is 87.1 Å². The van der Waals surface area contributed by atoms with Gasteiger partial charge in [-0.1, -0.05) is 11.8 Å². The van der Waals surface area contributed by atoms with Gasteiger partial charge in [-0.25, -0.2) is 18.4 Å². The van der Waals surface area contributed by atoms with E-state index in [1.165, 1.54) is 11.8 Å². The Balaban J connectivity index is 2.01. The van der Waals surface area contributed by atoms with Gasteiger partial charge in [-0.3, -0.25) is 0 Å². The topological polar surface area (TPSA) is 59.9 Å². The summed E-state index contributed by atoms with van der Waals surface area (Å²) >= 11 is 1.45. The molecule has 0 spiro atoms. The monoisotopic (exact) mass is 230 g/mol. The third-order valence-corrected chi connectivity index (χ3v) is 5.14. The van der Waals surface area contributed by atoms with Crippen molar-refractivity contribution in [3.63, 3.8) is 0 Å². The van der Waals surface area contributed by atoms with E-state index < -0.39 is 9.84 Å². The molecule has 6 heteroatoms. The van der Waals surface area contributed by atoms with Gasteiger partial charge in [0, 0.05) is 17.6 Å². The highest BCUT2D eigenvalue weighted by Crippen LogP contribution is 2.28. The lowest BCUT2D eigenvalue weighted by atomic mass is 10.4. The molecule has 76 valence electrons. The Kier molecular flexibility index (Phi) is 2.73. The van der Waals surface area contributed by atoms with E-state index in [2.05, 4.69) is 9.97 Å². The van der Waals surface area contributed by atoms with E-state index in [1.807, 2.05) is 0 Å². The minimum atomic E-state index is -2.79. The first kappa shape index (κ1) is 9.92. The summed E-state index contributed by atoms with van der Waals surface area (Å²) in [6.45, 7) is 0. The van der Waals surface area contributed by atoms with Gasteiger partial charge in [0.05, 0.1) is 11.5 Å². The molecule has 0 saturated carbocycles. The smallest absolute Gasteiger partial charge is 0.187 e. The van der Waals surface area contributed by atoms with Crippen molar-refractivity contribution in [2.45, 2.75) is 16.8 Å². The predicted octanol–water partition coefficient (Wildman–Crippen LogP) is 0.756. The van der Waals surface area contributed by atoms with E-state index >= 15 is 0 Å². The Hall–Kier alpha value is -0.620. The number of thioether (sulfide) groups is 1. The molecule has 0 aliphatic carbocycles. The Morgan fingerprint density at radius 2 is 2.07 bits per heavy atom. The molecule has 0 aromatic carbocycles. The summed E-state index contributed by atoms with van der Waals surface area (Å²) in [5.74, 6) is 0.563. The van der Waals surface area contributed by atoms with Crippen molar-refractivity contribution in [3.05, 3.63) is 18.5 Å². The van der Waals surface area contributed by atoms with E-state index in [1.54, 1.807) is 18.5 Å². The molecule has 1 aromatic rings. The average Bonchev–Trinajstić information content (AvgIpc) is 2.47. The molecule has 1 unspecified atom stereocenters. The Morgan fingerprint density at radius 3 is 2.64 bits per heavy atom. The normalized spacial score (nSPS) is 25.0. The lowest BCUT2D eigenvalue weighted by Crippen LogP contribution is -2.06. The lowest BCUT2D eigenvalue weighted by Gasteiger charge is -2.03. The summed E-state index contributed by atoms with van der Waals surface area (Å²) in [7, 11) is -2.79. The van der Waals surface area contributed by atoms with Gasteiger partial charge in [0.1, 0.15) is 0 Å². The summed E-state index contributed by atoms with van der Waals surface area (Å²) in [4.78, 5) is 8.09. The fourth-order valence-electron chi connectivity index (χ4n) is 1.35. The van der Waals surface area contributed by atoms with Crippen molar-refractivity contribution in [3.8, 4) is 0 Å². The van der Waals surface area contributed by atoms with Crippen LogP contribution in [0.5, 0.6) is 0 Å². The summed E-state index contributed by atoms with van der Waals surface area (Å²) in [5, 5.41) is 0.789. The molecule has 4 nitrogen and oxygen atoms in total. The van der Waals surface area contributed by atoms with Crippen molar-refractivity contribution < 1.29 is 8.42 Å². The molecule has 1 aromatic heterocycles. The zero-order chi connectivity index (χ0) is 10.0. The third kappa shape index (κ3) is 2.45. The molecule has 0 bridgehead atoms. The van der Waals surface area contributed by atoms with Crippen molar-refractivity contribution in [2.75, 3.05) is 11.5 Å². The molecule has 0 radical (unpaired) electrons. The van der Waals surface area contributed by atoms with Crippen LogP contribution in [0.15, 0.2) is 23.6 Å². The molecule has 0 amide bonds. The molecule has 1 aliphatic rings. The first-order valence-electron chi connectivity index (χ1n) is 4.30. The molecule has 1 atom stereocenters. The molecule has 1 saturated heterocycles. The number of rotatable bonds is 2. The largest absolute Gasteiger partial charge is 0.231 e. The Bertz CT molecular complexity index is 405. The van der Waals surface area contributed by atoms with E-state index in [-0.39, 0.29) is 11.0 Å². The Morgan fingerprint density at radius 1 is 1.36 bits per heavy atom. The lowest BCUT2D eigenvalue weighted by molar-refractivity contribution is 0.602. The second-order valence-corrected chi connectivity index (χ2v) is 6.67. The molecular formula is C8H10N2O2S2. The maximum absolute atomic E-state index is 11.2. The molecule has 0 N–H and O–H groups in total. The minimum Gasteiger partial charge on any atom is -0.231 e. The standard InChI is InChI=1S/C8H10N2O2S2/c11-14(12)5-2-7(6-14)13-8-9-3-1-4-10-8/h1,3-4,7H,2,5-6H2. The van der Waals surface area contributed by atoms with Crippen LogP contribution >= 0.6 is 11.8 Å². The number of hydrogen-bond donors (Lipinski definition) is 0. The maximum Gasteiger partial charge on any atom is 0.187 e. The van der Waals surface area contributed by atoms with E-state index in [0.29, 0.717) is 17.3 Å². The molecule has 14 heavy (non-hydrogen) atoms. The highest BCUT2D eigenvalue weighted by atomic mass is 32.2. The molecule has 1 aliphatic heterocycles. The molecule has 2 rings (SSSR count). The van der Waals surface area contributed by atoms with Crippen molar-refractivity contribution in [1.29, 1.82) is 0 Å². The zero-order valence-corrected chi connectivity index (χ0v) is 9.09. The van der Waals surface area contributed by atoms with Crippen LogP contribution in [-0.2, 0) is 9.84 Å². The van der Waals surface area contributed by atoms with Crippen LogP contribution in [0, 0.1) is 0 Å². The quantitative estimate of drug-likeness (QED) is 0.702. The molecule has 2 heterocycles. The van der Waals surface area contributed by atoms with Crippen LogP contribution in [0.25, 0.3) is 0 Å². The van der Waals surface area contributed by atoms with Gasteiger partial charge in [-0.05, 0) is 12.5 Å². The van der Waals surface area contributed by atoms with Crippen LogP contribution in [0.4, 0.5) is 0 Å². The van der Waals surface area contributed by atoms with Gasteiger partial charge < -0.3 is 0 Å². The van der Waals surface area contributed by atoms with Crippen LogP contribution < -0.4 is 0 Å². The second-order valence-electron chi connectivity index (χ2n) is 3.17. The van der Waals surface area contributed by atoms with E-state index in [9.17, 15) is 8.42 Å². The van der Waals surface area contributed by atoms with E-state index in [0.717, 1.165) is 0 Å². The van der Waals surface area contributed by atoms with Gasteiger partial charge in [0.25, 0.3) is 0 Å². The van der Waals surface area contributed by atoms with Crippen molar-refractivity contribution >= 4 is 21.6 Å². The first-order valence-corrected chi connectivity index (χ1v) is 7.00. The van der Waals surface area contributed by atoms with Crippen LogP contribution in [0.2, 0.25) is 0 Å². The van der Waals surface area contributed by atoms with Gasteiger partial charge in [-0.15, -0.1) is 0 Å². The highest BCUT2D eigenvalue weighted by Gasteiger charge is 2.29. The predicted molar refractivity (Wildman–Crippen MR) is 54.9 cm³/mol. The van der Waals surface area contributed by atoms with E-state index in [4.69, 9.17) is 0 Å². The number of sulfone groups is 1. The fraction of sp³-hybridized carbons (Fsp3) is 0.500. The summed E-state index contributed by atoms with van der Waals surface area (Å²) in [5.41, 5.74) is 0. The summed E-state index contributed by atoms with van der Waals surface area (Å²) in [6.07, 6.45) is 4.04. The average molecular weight is 230 g/mol. The third-order valence-electron chi connectivity index (χ3n) is 2.00. The maximum atomic E-state index is 11.2. The van der Waals surface area contributed by atoms with Crippen molar-refractivity contribution in [2.24, 2.45) is 0 Å². The molecular weight excluding hydrogens is 220 g/mol. The number of aromatic nitrogens is 2. The summed E-state index contributed by atoms with van der Waals surface area (Å²) < 4.78 is 22.4. The zero-order valence-electron chi connectivity index (χ0n) is 7.46. The second kappa shape index (κ2) is 3.86. The fourth-order valence-corrected chi connectivity index (χ4v) is 4.71. The SMILES string of the molecule is O=S1(=O)CCC(Sc2ncccn2)C1. The van der Waals surface area contributed by atoms with Gasteiger partial charge >= 0.3 is 0 Å². The van der Waals surface area contributed by atoms with Crippen LogP contribution in [0.3, 0.4) is 0 Å². The number of hydrogen-bond acceptors (Lipinski definition) is 5. The van der Waals surface area contributed by atoms with Crippen LogP contribution in [-0.4, -0.2) is 35.1 Å². The number of nitrogens with zero attached hydrogens (tertiary/aromatic N) is 2.